The fourth-order valence-corrected chi connectivity index (χ4v) is 7.03. The van der Waals surface area contributed by atoms with E-state index in [1.165, 1.54) is 4.90 Å². The Hall–Kier alpha value is -6.62. The summed E-state index contributed by atoms with van der Waals surface area (Å²) < 4.78 is 42.0. The predicted octanol–water partition coefficient (Wildman–Crippen LogP) is 5.28. The summed E-state index contributed by atoms with van der Waals surface area (Å²) in [5, 5.41) is 17.6. The SMILES string of the molecule is CC(C)(C)OC(=O)C[C@@H](NC(=O)OCc1ccccc1)C(=O)N[C@@H](CC(N)=O)C(=O)NCCCN(C(=O)CO)[C@@H](c1cc(-c2cc(F)ccc2F)cn1Cc1ccccc1)C(C)(C)C. The smallest absolute Gasteiger partial charge is 0.408 e. The Morgan fingerprint density at radius 1 is 0.812 bits per heavy atom. The Balaban J connectivity index is 1.54. The minimum absolute atomic E-state index is 0.0123. The van der Waals surface area contributed by atoms with Crippen LogP contribution in [-0.4, -0.2) is 87.6 Å². The number of nitrogens with one attached hydrogen (secondary N) is 3. The van der Waals surface area contributed by atoms with Crippen LogP contribution in [0.1, 0.15) is 83.7 Å². The number of carbonyl (C=O) groups is 6. The maximum absolute atomic E-state index is 15.1. The minimum Gasteiger partial charge on any atom is -0.460 e. The van der Waals surface area contributed by atoms with E-state index in [2.05, 4.69) is 16.0 Å². The summed E-state index contributed by atoms with van der Waals surface area (Å²) in [7, 11) is 0. The number of aliphatic hydroxyl groups is 1. The number of amides is 5. The Morgan fingerprint density at radius 3 is 2.03 bits per heavy atom. The second-order valence-corrected chi connectivity index (χ2v) is 17.3. The maximum atomic E-state index is 15.1. The molecule has 344 valence electrons. The van der Waals surface area contributed by atoms with E-state index in [1.807, 2.05) is 55.7 Å². The molecule has 0 unspecified atom stereocenters. The molecule has 4 aromatic rings. The lowest BCUT2D eigenvalue weighted by Gasteiger charge is -2.41. The topological polar surface area (TPSA) is 211 Å². The predicted molar refractivity (Wildman–Crippen MR) is 234 cm³/mol. The zero-order chi connectivity index (χ0) is 47.2. The molecule has 1 heterocycles. The van der Waals surface area contributed by atoms with Gasteiger partial charge in [-0.1, -0.05) is 81.4 Å². The molecule has 0 aliphatic rings. The van der Waals surface area contributed by atoms with E-state index < -0.39 is 95.9 Å². The number of esters is 1. The average Bonchev–Trinajstić information content (AvgIpc) is 3.62. The highest BCUT2D eigenvalue weighted by Crippen LogP contribution is 2.41. The zero-order valence-corrected chi connectivity index (χ0v) is 37.0. The fourth-order valence-electron chi connectivity index (χ4n) is 7.03. The van der Waals surface area contributed by atoms with E-state index in [4.69, 9.17) is 15.2 Å². The van der Waals surface area contributed by atoms with Gasteiger partial charge in [0.2, 0.25) is 23.6 Å². The number of halogens is 2. The van der Waals surface area contributed by atoms with Gasteiger partial charge in [0.15, 0.2) is 0 Å². The lowest BCUT2D eigenvalue weighted by Crippen LogP contribution is -2.55. The largest absolute Gasteiger partial charge is 0.460 e. The van der Waals surface area contributed by atoms with Crippen LogP contribution in [0.2, 0.25) is 0 Å². The van der Waals surface area contributed by atoms with Gasteiger partial charge in [0, 0.05) is 42.7 Å². The molecular weight excluding hydrogens is 831 g/mol. The van der Waals surface area contributed by atoms with Crippen molar-refractivity contribution in [2.24, 2.45) is 11.1 Å². The minimum atomic E-state index is -1.59. The van der Waals surface area contributed by atoms with Crippen molar-refractivity contribution in [1.29, 1.82) is 0 Å². The summed E-state index contributed by atoms with van der Waals surface area (Å²) >= 11 is 0. The Labute approximate surface area is 371 Å². The molecule has 0 bridgehead atoms. The number of carbonyl (C=O) groups excluding carboxylic acids is 6. The molecule has 0 spiro atoms. The van der Waals surface area contributed by atoms with Crippen LogP contribution in [0.5, 0.6) is 0 Å². The van der Waals surface area contributed by atoms with Gasteiger partial charge >= 0.3 is 12.1 Å². The van der Waals surface area contributed by atoms with Gasteiger partial charge in [-0.25, -0.2) is 13.6 Å². The average molecular weight is 889 g/mol. The van der Waals surface area contributed by atoms with Gasteiger partial charge in [-0.2, -0.15) is 0 Å². The molecule has 0 aliphatic heterocycles. The van der Waals surface area contributed by atoms with Crippen LogP contribution in [0.25, 0.3) is 11.1 Å². The molecule has 0 saturated carbocycles. The van der Waals surface area contributed by atoms with Crippen molar-refractivity contribution in [2.75, 3.05) is 19.7 Å². The summed E-state index contributed by atoms with van der Waals surface area (Å²) in [6.45, 7) is 9.75. The fraction of sp³-hybridized carbons (Fsp3) is 0.404. The number of nitrogens with two attached hydrogens (primary N) is 1. The molecule has 0 fully saturated rings. The molecule has 6 N–H and O–H groups in total. The maximum Gasteiger partial charge on any atom is 0.408 e. The highest BCUT2D eigenvalue weighted by atomic mass is 19.1. The molecule has 0 saturated heterocycles. The molecule has 15 nitrogen and oxygen atoms in total. The van der Waals surface area contributed by atoms with Crippen LogP contribution in [0, 0.1) is 17.0 Å². The van der Waals surface area contributed by atoms with Crippen molar-refractivity contribution >= 4 is 35.7 Å². The first-order valence-electron chi connectivity index (χ1n) is 20.8. The molecule has 3 atom stereocenters. The number of aromatic nitrogens is 1. The molecule has 5 amide bonds. The normalized spacial score (nSPS) is 12.9. The van der Waals surface area contributed by atoms with Gasteiger partial charge in [-0.3, -0.25) is 24.0 Å². The number of rotatable bonds is 20. The number of nitrogens with zero attached hydrogens (tertiary/aromatic N) is 2. The number of ether oxygens (including phenoxy) is 2. The lowest BCUT2D eigenvalue weighted by atomic mass is 9.83. The number of primary amides is 1. The highest BCUT2D eigenvalue weighted by Gasteiger charge is 2.37. The molecule has 3 aromatic carbocycles. The number of hydrogen-bond donors (Lipinski definition) is 5. The van der Waals surface area contributed by atoms with Crippen LogP contribution in [-0.2, 0) is 46.6 Å². The summed E-state index contributed by atoms with van der Waals surface area (Å²) in [5.74, 6) is -5.53. The first-order valence-corrected chi connectivity index (χ1v) is 20.8. The Kier molecular flexibility index (Phi) is 17.7. The van der Waals surface area contributed by atoms with Crippen molar-refractivity contribution in [3.63, 3.8) is 0 Å². The lowest BCUT2D eigenvalue weighted by molar-refractivity contribution is -0.156. The van der Waals surface area contributed by atoms with E-state index in [9.17, 15) is 38.3 Å². The summed E-state index contributed by atoms with van der Waals surface area (Å²) in [6, 6.07) is 19.1. The monoisotopic (exact) mass is 888 g/mol. The van der Waals surface area contributed by atoms with Gasteiger partial charge < -0.3 is 45.7 Å². The van der Waals surface area contributed by atoms with Crippen LogP contribution >= 0.6 is 0 Å². The third-order valence-corrected chi connectivity index (χ3v) is 9.76. The van der Waals surface area contributed by atoms with Crippen molar-refractivity contribution in [3.05, 3.63) is 120 Å². The van der Waals surface area contributed by atoms with E-state index in [0.717, 1.165) is 23.8 Å². The molecular formula is C47H58F2N6O9. The molecule has 4 rings (SSSR count). The van der Waals surface area contributed by atoms with E-state index in [1.54, 1.807) is 63.4 Å². The zero-order valence-electron chi connectivity index (χ0n) is 37.0. The van der Waals surface area contributed by atoms with Gasteiger partial charge in [0.1, 0.15) is 42.5 Å². The van der Waals surface area contributed by atoms with Gasteiger partial charge in [-0.15, -0.1) is 0 Å². The Bertz CT molecular complexity index is 2240. The van der Waals surface area contributed by atoms with Crippen LogP contribution in [0.15, 0.2) is 91.1 Å². The van der Waals surface area contributed by atoms with Crippen molar-refractivity contribution in [3.8, 4) is 11.1 Å². The molecule has 0 radical (unpaired) electrons. The van der Waals surface area contributed by atoms with Crippen molar-refractivity contribution < 1.29 is 52.1 Å². The van der Waals surface area contributed by atoms with E-state index >= 15 is 4.39 Å². The quantitative estimate of drug-likeness (QED) is 0.0576. The van der Waals surface area contributed by atoms with Gasteiger partial charge in [0.25, 0.3) is 0 Å². The summed E-state index contributed by atoms with van der Waals surface area (Å²) in [6.07, 6.45) is -0.532. The highest BCUT2D eigenvalue weighted by molar-refractivity contribution is 5.95. The number of aliphatic hydroxyl groups excluding tert-OH is 1. The second-order valence-electron chi connectivity index (χ2n) is 17.3. The number of benzene rings is 3. The first kappa shape index (κ1) is 50.0. The van der Waals surface area contributed by atoms with Crippen LogP contribution in [0.4, 0.5) is 13.6 Å². The van der Waals surface area contributed by atoms with Crippen LogP contribution < -0.4 is 21.7 Å². The Morgan fingerprint density at radius 2 is 1.44 bits per heavy atom. The van der Waals surface area contributed by atoms with Gasteiger partial charge in [0.05, 0.1) is 18.9 Å². The first-order chi connectivity index (χ1) is 30.1. The number of hydrogen-bond acceptors (Lipinski definition) is 9. The third-order valence-electron chi connectivity index (χ3n) is 9.76. The van der Waals surface area contributed by atoms with Gasteiger partial charge in [-0.05, 0) is 68.0 Å². The molecule has 0 aliphatic carbocycles. The third kappa shape index (κ3) is 15.3. The molecule has 17 heteroatoms. The van der Waals surface area contributed by atoms with Crippen molar-refractivity contribution in [1.82, 2.24) is 25.4 Å². The van der Waals surface area contributed by atoms with E-state index in [0.29, 0.717) is 23.4 Å². The number of alkyl carbamates (subject to hydrolysis) is 1. The summed E-state index contributed by atoms with van der Waals surface area (Å²) in [4.78, 5) is 80.0. The standard InChI is InChI=1S/C47H58F2N6O9/c1-46(2,3)42(38-22-32(34-23-33(48)18-19-35(34)49)27-54(38)26-30-14-9-7-10-15-30)55(40(58)28-56)21-13-20-51-43(60)36(24-39(50)57)52-44(61)37(25-41(59)64-47(4,5)6)53-45(62)63-29-31-16-11-8-12-17-31/h7-12,14-19,22-23,27,36-37,42,56H,13,20-21,24-26,28-29H2,1-6H3,(H2,50,57)(H,51,60)(H,52,61)(H,53,62)/t36-,37+,42-/m0/s1. The molecule has 1 aromatic heterocycles. The molecule has 64 heavy (non-hydrogen) atoms. The summed E-state index contributed by atoms with van der Waals surface area (Å²) in [5.41, 5.74) is 6.35. The van der Waals surface area contributed by atoms with E-state index in [-0.39, 0.29) is 31.7 Å². The second kappa shape index (κ2) is 22.6. The van der Waals surface area contributed by atoms with Crippen LogP contribution in [0.3, 0.4) is 0 Å². The van der Waals surface area contributed by atoms with Crippen molar-refractivity contribution in [2.45, 2.75) is 97.7 Å².